The Morgan fingerprint density at radius 2 is 1.81 bits per heavy atom. The van der Waals surface area contributed by atoms with E-state index >= 15 is 0 Å². The smallest absolute Gasteiger partial charge is 0.309 e. The summed E-state index contributed by atoms with van der Waals surface area (Å²) in [5, 5.41) is 12.2. The summed E-state index contributed by atoms with van der Waals surface area (Å²) in [5.41, 5.74) is 4.78. The number of aromatic nitrogens is 1. The van der Waals surface area contributed by atoms with Crippen LogP contribution in [0.2, 0.25) is 5.02 Å². The topological polar surface area (TPSA) is 51.5 Å². The van der Waals surface area contributed by atoms with Gasteiger partial charge in [-0.05, 0) is 55.7 Å². The van der Waals surface area contributed by atoms with E-state index in [4.69, 9.17) is 16.3 Å². The number of nitrogens with zero attached hydrogens (tertiary/aromatic N) is 1. The van der Waals surface area contributed by atoms with Crippen LogP contribution in [0, 0.1) is 5.41 Å². The molecule has 2 heterocycles. The summed E-state index contributed by atoms with van der Waals surface area (Å²) in [4.78, 5) is 13.3. The van der Waals surface area contributed by atoms with E-state index in [1.165, 1.54) is 15.8 Å². The first-order valence-electron chi connectivity index (χ1n) is 12.2. The Morgan fingerprint density at radius 3 is 2.50 bits per heavy atom. The van der Waals surface area contributed by atoms with Crippen molar-refractivity contribution in [3.05, 3.63) is 94.1 Å². The molecule has 4 aromatic rings. The number of aliphatic carboxylic acids is 1. The summed E-state index contributed by atoms with van der Waals surface area (Å²) in [6.45, 7) is 7.01. The van der Waals surface area contributed by atoms with E-state index in [9.17, 15) is 9.90 Å². The highest BCUT2D eigenvalue weighted by Gasteiger charge is 2.34. The number of thioether (sulfide) groups is 1. The number of carboxylic acids is 1. The minimum atomic E-state index is -0.892. The van der Waals surface area contributed by atoms with E-state index in [-0.39, 0.29) is 0 Å². The van der Waals surface area contributed by atoms with Crippen molar-refractivity contribution in [3.8, 4) is 5.75 Å². The summed E-state index contributed by atoms with van der Waals surface area (Å²) >= 11 is 7.99. The number of rotatable bonds is 8. The number of hydrogen-bond acceptors (Lipinski definition) is 3. The number of halogens is 1. The maximum Gasteiger partial charge on any atom is 0.309 e. The highest BCUT2D eigenvalue weighted by molar-refractivity contribution is 8.00. The molecule has 3 aromatic carbocycles. The highest BCUT2D eigenvalue weighted by atomic mass is 35.5. The van der Waals surface area contributed by atoms with Gasteiger partial charge in [-0.25, -0.2) is 0 Å². The fourth-order valence-corrected chi connectivity index (χ4v) is 6.30. The van der Waals surface area contributed by atoms with Crippen molar-refractivity contribution >= 4 is 40.2 Å². The molecule has 1 aliphatic heterocycles. The van der Waals surface area contributed by atoms with Gasteiger partial charge < -0.3 is 14.4 Å². The molecule has 1 atom stereocenters. The van der Waals surface area contributed by atoms with E-state index < -0.39 is 11.4 Å². The normalized spacial score (nSPS) is 15.3. The van der Waals surface area contributed by atoms with Crippen LogP contribution in [0.1, 0.15) is 43.2 Å². The van der Waals surface area contributed by atoms with Crippen molar-refractivity contribution < 1.29 is 14.6 Å². The first-order valence-corrected chi connectivity index (χ1v) is 13.5. The number of benzene rings is 3. The summed E-state index contributed by atoms with van der Waals surface area (Å²) in [6.07, 6.45) is 1.35. The predicted molar refractivity (Wildman–Crippen MR) is 147 cm³/mol. The average Bonchev–Trinajstić information content (AvgIpc) is 3.13. The second-order valence-electron chi connectivity index (χ2n) is 10.2. The zero-order chi connectivity index (χ0) is 25.4. The molecule has 0 aliphatic carbocycles. The zero-order valence-corrected chi connectivity index (χ0v) is 22.3. The Morgan fingerprint density at radius 1 is 1.08 bits per heavy atom. The zero-order valence-electron chi connectivity index (χ0n) is 20.8. The second kappa shape index (κ2) is 9.87. The third-order valence-electron chi connectivity index (χ3n) is 6.84. The molecule has 36 heavy (non-hydrogen) atoms. The Labute approximate surface area is 221 Å². The molecule has 186 valence electrons. The van der Waals surface area contributed by atoms with Gasteiger partial charge in [0.2, 0.25) is 0 Å². The fraction of sp³-hybridized carbons (Fsp3) is 0.300. The molecular formula is C30H30ClNO3S. The third kappa shape index (κ3) is 4.87. The quantitative estimate of drug-likeness (QED) is 0.260. The van der Waals surface area contributed by atoms with Crippen LogP contribution in [0.25, 0.3) is 10.9 Å². The van der Waals surface area contributed by atoms with E-state index in [0.717, 1.165) is 34.5 Å². The molecule has 4 nitrogen and oxygen atoms in total. The molecule has 1 aliphatic rings. The lowest BCUT2D eigenvalue weighted by molar-refractivity contribution is -0.146. The van der Waals surface area contributed by atoms with Crippen molar-refractivity contribution in [1.29, 1.82) is 0 Å². The SMILES string of the molecule is CC1Cc2c(OCc3ccccc3)ccc3c2c(c(CC(C)(C)C(=O)O)n3Cc2ccc(Cl)cc2)S1. The van der Waals surface area contributed by atoms with Gasteiger partial charge >= 0.3 is 5.97 Å². The van der Waals surface area contributed by atoms with Gasteiger partial charge in [-0.2, -0.15) is 0 Å². The third-order valence-corrected chi connectivity index (χ3v) is 8.34. The van der Waals surface area contributed by atoms with Gasteiger partial charge in [0, 0.05) is 44.8 Å². The maximum absolute atomic E-state index is 12.1. The Balaban J connectivity index is 1.64. The number of carbonyl (C=O) groups is 1. The molecule has 0 saturated heterocycles. The van der Waals surface area contributed by atoms with Gasteiger partial charge in [0.25, 0.3) is 0 Å². The molecule has 1 aromatic heterocycles. The Hall–Kier alpha value is -2.89. The molecule has 0 radical (unpaired) electrons. The first kappa shape index (κ1) is 24.8. The van der Waals surface area contributed by atoms with Crippen LogP contribution in [0.5, 0.6) is 5.75 Å². The molecule has 1 N–H and O–H groups in total. The van der Waals surface area contributed by atoms with Gasteiger partial charge in [-0.3, -0.25) is 4.79 Å². The first-order chi connectivity index (χ1) is 17.2. The van der Waals surface area contributed by atoms with Crippen molar-refractivity contribution in [2.75, 3.05) is 0 Å². The lowest BCUT2D eigenvalue weighted by atomic mass is 9.87. The van der Waals surface area contributed by atoms with Gasteiger partial charge in [0.1, 0.15) is 12.4 Å². The molecular weight excluding hydrogens is 490 g/mol. The average molecular weight is 520 g/mol. The highest BCUT2D eigenvalue weighted by Crippen LogP contribution is 2.48. The molecule has 0 amide bonds. The van der Waals surface area contributed by atoms with E-state index in [1.54, 1.807) is 13.8 Å². The number of hydrogen-bond donors (Lipinski definition) is 1. The van der Waals surface area contributed by atoms with Crippen LogP contribution in [0.4, 0.5) is 0 Å². The standard InChI is InChI=1S/C30H30ClNO3S/c1-19-15-23-26(35-18-21-7-5-4-6-8-21)14-13-24-27(23)28(36-19)25(16-30(2,3)29(33)34)32(24)17-20-9-11-22(31)12-10-20/h4-14,19H,15-18H2,1-3H3,(H,33,34). The van der Waals surface area contributed by atoms with E-state index in [1.807, 2.05) is 54.2 Å². The summed E-state index contributed by atoms with van der Waals surface area (Å²) in [7, 11) is 0. The molecule has 5 rings (SSSR count). The van der Waals surface area contributed by atoms with E-state index in [2.05, 4.69) is 35.8 Å². The summed E-state index contributed by atoms with van der Waals surface area (Å²) < 4.78 is 8.65. The van der Waals surface area contributed by atoms with Crippen LogP contribution in [-0.4, -0.2) is 20.9 Å². The molecule has 0 spiro atoms. The van der Waals surface area contributed by atoms with Gasteiger partial charge in [-0.15, -0.1) is 11.8 Å². The lowest BCUT2D eigenvalue weighted by Gasteiger charge is -2.24. The molecule has 0 saturated carbocycles. The van der Waals surface area contributed by atoms with Crippen LogP contribution < -0.4 is 4.74 Å². The van der Waals surface area contributed by atoms with Gasteiger partial charge in [-0.1, -0.05) is 61.0 Å². The Kier molecular flexibility index (Phi) is 6.80. The van der Waals surface area contributed by atoms with Crippen LogP contribution in [0.15, 0.2) is 71.6 Å². The van der Waals surface area contributed by atoms with Crippen molar-refractivity contribution in [1.82, 2.24) is 4.57 Å². The summed E-state index contributed by atoms with van der Waals surface area (Å²) in [6, 6.07) is 22.3. The maximum atomic E-state index is 12.1. The van der Waals surface area contributed by atoms with Crippen LogP contribution in [0.3, 0.4) is 0 Å². The van der Waals surface area contributed by atoms with Crippen LogP contribution >= 0.6 is 23.4 Å². The molecule has 6 heteroatoms. The predicted octanol–water partition coefficient (Wildman–Crippen LogP) is 7.61. The molecule has 0 bridgehead atoms. The number of ether oxygens (including phenoxy) is 1. The fourth-order valence-electron chi connectivity index (χ4n) is 4.86. The molecule has 0 fully saturated rings. The number of carboxylic acid groups (broad SMARTS) is 1. The molecule has 1 unspecified atom stereocenters. The van der Waals surface area contributed by atoms with Gasteiger partial charge in [0.05, 0.1) is 10.9 Å². The van der Waals surface area contributed by atoms with E-state index in [0.29, 0.717) is 29.8 Å². The largest absolute Gasteiger partial charge is 0.489 e. The summed E-state index contributed by atoms with van der Waals surface area (Å²) in [5.74, 6) is 0.117. The van der Waals surface area contributed by atoms with Crippen molar-refractivity contribution in [3.63, 3.8) is 0 Å². The van der Waals surface area contributed by atoms with Crippen molar-refractivity contribution in [2.24, 2.45) is 5.41 Å². The minimum Gasteiger partial charge on any atom is -0.489 e. The van der Waals surface area contributed by atoms with Crippen LogP contribution in [-0.2, 0) is 30.8 Å². The van der Waals surface area contributed by atoms with Gasteiger partial charge in [0.15, 0.2) is 0 Å². The minimum absolute atomic E-state index is 0.361. The lowest BCUT2D eigenvalue weighted by Crippen LogP contribution is -2.28. The van der Waals surface area contributed by atoms with Crippen molar-refractivity contribution in [2.45, 2.75) is 56.9 Å². The second-order valence-corrected chi connectivity index (χ2v) is 12.1. The monoisotopic (exact) mass is 519 g/mol. The Bertz CT molecular complexity index is 1410.